The van der Waals surface area contributed by atoms with E-state index < -0.39 is 0 Å². The molecule has 16 heavy (non-hydrogen) atoms. The Morgan fingerprint density at radius 3 is 2.81 bits per heavy atom. The fourth-order valence-electron chi connectivity index (χ4n) is 2.00. The Labute approximate surface area is 102 Å². The molecule has 1 fully saturated rings. The van der Waals surface area contributed by atoms with Gasteiger partial charge in [0, 0.05) is 24.4 Å². The predicted molar refractivity (Wildman–Crippen MR) is 71.1 cm³/mol. The lowest BCUT2D eigenvalue weighted by Gasteiger charge is -2.24. The van der Waals surface area contributed by atoms with Crippen molar-refractivity contribution in [3.8, 4) is 0 Å². The summed E-state index contributed by atoms with van der Waals surface area (Å²) in [5.74, 6) is 2.56. The lowest BCUT2D eigenvalue weighted by Crippen LogP contribution is -2.25. The molecule has 1 heterocycles. The Morgan fingerprint density at radius 2 is 2.06 bits per heavy atom. The second-order valence-corrected chi connectivity index (χ2v) is 5.35. The molecule has 1 N–H and O–H groups in total. The van der Waals surface area contributed by atoms with Crippen molar-refractivity contribution in [2.75, 3.05) is 23.9 Å². The minimum Gasteiger partial charge on any atom is -0.382 e. The molecular formula is C13H19NOS. The van der Waals surface area contributed by atoms with Crippen LogP contribution in [0.2, 0.25) is 0 Å². The van der Waals surface area contributed by atoms with Gasteiger partial charge in [0.25, 0.3) is 0 Å². The molecule has 0 radical (unpaired) electrons. The second kappa shape index (κ2) is 6.16. The highest BCUT2D eigenvalue weighted by molar-refractivity contribution is 7.99. The predicted octanol–water partition coefficient (Wildman–Crippen LogP) is 3.14. The van der Waals surface area contributed by atoms with Crippen LogP contribution in [0.15, 0.2) is 24.3 Å². The number of thioether (sulfide) groups is 1. The minimum absolute atomic E-state index is 0.638. The molecule has 1 aliphatic rings. The van der Waals surface area contributed by atoms with Gasteiger partial charge in [-0.05, 0) is 30.4 Å². The van der Waals surface area contributed by atoms with Crippen LogP contribution in [0.4, 0.5) is 5.69 Å². The van der Waals surface area contributed by atoms with Gasteiger partial charge < -0.3 is 10.1 Å². The number of ether oxygens (including phenoxy) is 1. The van der Waals surface area contributed by atoms with Gasteiger partial charge >= 0.3 is 0 Å². The normalized spacial score (nSPS) is 17.3. The topological polar surface area (TPSA) is 21.3 Å². The highest BCUT2D eigenvalue weighted by atomic mass is 32.2. The minimum atomic E-state index is 0.638. The summed E-state index contributed by atoms with van der Waals surface area (Å²) < 4.78 is 5.21. The summed E-state index contributed by atoms with van der Waals surface area (Å²) >= 11 is 2.06. The number of hydrogen-bond acceptors (Lipinski definition) is 3. The summed E-state index contributed by atoms with van der Waals surface area (Å²) in [7, 11) is 1.74. The van der Waals surface area contributed by atoms with Crippen LogP contribution in [0, 0.1) is 0 Å². The number of hydrogen-bond donors (Lipinski definition) is 1. The quantitative estimate of drug-likeness (QED) is 0.869. The van der Waals surface area contributed by atoms with E-state index in [1.807, 2.05) is 0 Å². The molecule has 0 unspecified atom stereocenters. The van der Waals surface area contributed by atoms with Crippen LogP contribution in [0.3, 0.4) is 0 Å². The summed E-state index contributed by atoms with van der Waals surface area (Å²) in [5.41, 5.74) is 2.49. The molecule has 0 spiro atoms. The van der Waals surface area contributed by atoms with E-state index in [1.165, 1.54) is 35.6 Å². The molecule has 3 heteroatoms. The second-order valence-electron chi connectivity index (χ2n) is 4.12. The van der Waals surface area contributed by atoms with Gasteiger partial charge in [0.15, 0.2) is 0 Å². The van der Waals surface area contributed by atoms with Gasteiger partial charge in [0.1, 0.15) is 0 Å². The molecule has 88 valence electrons. The molecule has 1 aromatic carbocycles. The first-order valence-electron chi connectivity index (χ1n) is 5.81. The molecule has 0 bridgehead atoms. The fraction of sp³-hybridized carbons (Fsp3) is 0.538. The van der Waals surface area contributed by atoms with Gasteiger partial charge in [-0.25, -0.2) is 0 Å². The third-order valence-corrected chi connectivity index (χ3v) is 3.95. The number of rotatable bonds is 4. The van der Waals surface area contributed by atoms with Gasteiger partial charge in [0.2, 0.25) is 0 Å². The number of anilines is 1. The van der Waals surface area contributed by atoms with Crippen molar-refractivity contribution in [3.05, 3.63) is 29.8 Å². The molecule has 2 nitrogen and oxygen atoms in total. The molecular weight excluding hydrogens is 218 g/mol. The van der Waals surface area contributed by atoms with Crippen LogP contribution < -0.4 is 5.32 Å². The van der Waals surface area contributed by atoms with Crippen LogP contribution in [-0.4, -0.2) is 24.7 Å². The van der Waals surface area contributed by atoms with Crippen LogP contribution >= 0.6 is 11.8 Å². The Balaban J connectivity index is 2.01. The van der Waals surface area contributed by atoms with Crippen molar-refractivity contribution < 1.29 is 4.74 Å². The molecule has 1 saturated heterocycles. The average molecular weight is 237 g/mol. The number of para-hydroxylation sites is 1. The Bertz CT molecular complexity index is 323. The van der Waals surface area contributed by atoms with E-state index in [0.717, 1.165) is 0 Å². The maximum Gasteiger partial charge on any atom is 0.0733 e. The third kappa shape index (κ3) is 3.16. The summed E-state index contributed by atoms with van der Waals surface area (Å²) in [4.78, 5) is 0. The summed E-state index contributed by atoms with van der Waals surface area (Å²) in [5, 5.41) is 3.64. The molecule has 0 aromatic heterocycles. The molecule has 0 saturated carbocycles. The van der Waals surface area contributed by atoms with Gasteiger partial charge in [-0.1, -0.05) is 18.2 Å². The lowest BCUT2D eigenvalue weighted by atomic mass is 10.1. The maximum absolute atomic E-state index is 5.21. The first-order chi connectivity index (χ1) is 7.90. The van der Waals surface area contributed by atoms with Crippen molar-refractivity contribution in [1.29, 1.82) is 0 Å². The van der Waals surface area contributed by atoms with E-state index in [4.69, 9.17) is 4.74 Å². The lowest BCUT2D eigenvalue weighted by molar-refractivity contribution is 0.185. The van der Waals surface area contributed by atoms with Crippen molar-refractivity contribution in [3.63, 3.8) is 0 Å². The highest BCUT2D eigenvalue weighted by Gasteiger charge is 2.14. The van der Waals surface area contributed by atoms with Crippen LogP contribution in [0.25, 0.3) is 0 Å². The Kier molecular flexibility index (Phi) is 4.55. The summed E-state index contributed by atoms with van der Waals surface area (Å²) in [6, 6.07) is 9.06. The van der Waals surface area contributed by atoms with Crippen LogP contribution in [0.5, 0.6) is 0 Å². The number of benzene rings is 1. The van der Waals surface area contributed by atoms with E-state index >= 15 is 0 Å². The largest absolute Gasteiger partial charge is 0.382 e. The Morgan fingerprint density at radius 1 is 1.31 bits per heavy atom. The van der Waals surface area contributed by atoms with Crippen molar-refractivity contribution in [1.82, 2.24) is 0 Å². The van der Waals surface area contributed by atoms with Gasteiger partial charge in [-0.3, -0.25) is 0 Å². The monoisotopic (exact) mass is 237 g/mol. The van der Waals surface area contributed by atoms with Crippen LogP contribution in [-0.2, 0) is 11.3 Å². The third-order valence-electron chi connectivity index (χ3n) is 2.90. The van der Waals surface area contributed by atoms with E-state index in [-0.39, 0.29) is 0 Å². The summed E-state index contributed by atoms with van der Waals surface area (Å²) in [6.07, 6.45) is 2.54. The molecule has 0 amide bonds. The van der Waals surface area contributed by atoms with E-state index in [2.05, 4.69) is 41.3 Å². The average Bonchev–Trinajstić information content (AvgIpc) is 2.33. The Hall–Kier alpha value is -0.670. The zero-order valence-corrected chi connectivity index (χ0v) is 10.6. The van der Waals surface area contributed by atoms with Gasteiger partial charge in [-0.2, -0.15) is 11.8 Å². The smallest absolute Gasteiger partial charge is 0.0733 e. The molecule has 1 aromatic rings. The summed E-state index contributed by atoms with van der Waals surface area (Å²) in [6.45, 7) is 0.685. The molecule has 0 aliphatic carbocycles. The SMILES string of the molecule is COCc1ccccc1NC1CCSCC1. The van der Waals surface area contributed by atoms with E-state index in [9.17, 15) is 0 Å². The van der Waals surface area contributed by atoms with Crippen molar-refractivity contribution in [2.24, 2.45) is 0 Å². The fourth-order valence-corrected chi connectivity index (χ4v) is 3.11. The van der Waals surface area contributed by atoms with E-state index in [0.29, 0.717) is 12.6 Å². The molecule has 2 rings (SSSR count). The number of methoxy groups -OCH3 is 1. The zero-order valence-electron chi connectivity index (χ0n) is 9.74. The molecule has 0 atom stereocenters. The van der Waals surface area contributed by atoms with E-state index in [1.54, 1.807) is 7.11 Å². The number of nitrogens with one attached hydrogen (secondary N) is 1. The zero-order chi connectivity index (χ0) is 11.2. The van der Waals surface area contributed by atoms with Crippen LogP contribution in [0.1, 0.15) is 18.4 Å². The van der Waals surface area contributed by atoms with Crippen molar-refractivity contribution in [2.45, 2.75) is 25.5 Å². The molecule has 1 aliphatic heterocycles. The highest BCUT2D eigenvalue weighted by Crippen LogP contribution is 2.23. The standard InChI is InChI=1S/C13H19NOS/c1-15-10-11-4-2-3-5-13(11)14-12-6-8-16-9-7-12/h2-5,12,14H,6-10H2,1H3. The first-order valence-corrected chi connectivity index (χ1v) is 6.97. The van der Waals surface area contributed by atoms with Gasteiger partial charge in [-0.15, -0.1) is 0 Å². The van der Waals surface area contributed by atoms with Gasteiger partial charge in [0.05, 0.1) is 6.61 Å². The first kappa shape index (κ1) is 11.8. The maximum atomic E-state index is 5.21. The van der Waals surface area contributed by atoms with Crippen molar-refractivity contribution >= 4 is 17.4 Å².